The summed E-state index contributed by atoms with van der Waals surface area (Å²) < 4.78 is 2.05. The SMILES string of the molecule is C=C(N)c1c(C)ccc(C)[n+]1C. The van der Waals surface area contributed by atoms with Gasteiger partial charge in [-0.2, -0.15) is 4.57 Å². The molecule has 0 aromatic carbocycles. The number of rotatable bonds is 1. The zero-order chi connectivity index (χ0) is 9.30. The molecule has 1 rings (SSSR count). The zero-order valence-electron chi connectivity index (χ0n) is 7.89. The van der Waals surface area contributed by atoms with E-state index in [-0.39, 0.29) is 0 Å². The van der Waals surface area contributed by atoms with Crippen LogP contribution in [0.1, 0.15) is 17.0 Å². The highest BCUT2D eigenvalue weighted by Crippen LogP contribution is 2.08. The summed E-state index contributed by atoms with van der Waals surface area (Å²) in [6.07, 6.45) is 0. The molecule has 0 amide bonds. The smallest absolute Gasteiger partial charge is 0.230 e. The van der Waals surface area contributed by atoms with E-state index in [1.807, 2.05) is 20.9 Å². The molecule has 0 aliphatic carbocycles. The fraction of sp³-hybridized carbons (Fsp3) is 0.300. The van der Waals surface area contributed by atoms with Crippen molar-refractivity contribution in [2.75, 3.05) is 0 Å². The molecule has 0 spiro atoms. The lowest BCUT2D eigenvalue weighted by Gasteiger charge is -2.04. The van der Waals surface area contributed by atoms with E-state index in [0.29, 0.717) is 5.70 Å². The van der Waals surface area contributed by atoms with Gasteiger partial charge in [0.1, 0.15) is 7.05 Å². The molecule has 12 heavy (non-hydrogen) atoms. The summed E-state index contributed by atoms with van der Waals surface area (Å²) in [5.74, 6) is 0. The highest BCUT2D eigenvalue weighted by atomic mass is 15.0. The molecule has 2 heteroatoms. The topological polar surface area (TPSA) is 29.9 Å². The second-order valence-corrected chi connectivity index (χ2v) is 3.09. The lowest BCUT2D eigenvalue weighted by atomic mass is 10.1. The summed E-state index contributed by atoms with van der Waals surface area (Å²) in [7, 11) is 2.00. The number of pyridine rings is 1. The van der Waals surface area contributed by atoms with Gasteiger partial charge in [0.25, 0.3) is 0 Å². The normalized spacial score (nSPS) is 9.92. The van der Waals surface area contributed by atoms with Gasteiger partial charge in [0.05, 0.1) is 5.70 Å². The molecule has 0 saturated heterocycles. The monoisotopic (exact) mass is 163 g/mol. The fourth-order valence-electron chi connectivity index (χ4n) is 1.35. The van der Waals surface area contributed by atoms with Crippen LogP contribution in [0.25, 0.3) is 5.70 Å². The lowest BCUT2D eigenvalue weighted by molar-refractivity contribution is -0.680. The first-order valence-corrected chi connectivity index (χ1v) is 3.95. The van der Waals surface area contributed by atoms with E-state index in [1.54, 1.807) is 0 Å². The van der Waals surface area contributed by atoms with Gasteiger partial charge in [0.2, 0.25) is 5.69 Å². The third-order valence-electron chi connectivity index (χ3n) is 2.12. The maximum Gasteiger partial charge on any atom is 0.230 e. The fourth-order valence-corrected chi connectivity index (χ4v) is 1.35. The number of aryl methyl sites for hydroxylation is 2. The van der Waals surface area contributed by atoms with Crippen molar-refractivity contribution in [1.82, 2.24) is 0 Å². The minimum atomic E-state index is 0.624. The number of nitrogens with zero attached hydrogens (tertiary/aromatic N) is 1. The third-order valence-corrected chi connectivity index (χ3v) is 2.12. The summed E-state index contributed by atoms with van der Waals surface area (Å²) >= 11 is 0. The summed E-state index contributed by atoms with van der Waals surface area (Å²) in [6.45, 7) is 7.83. The number of nitrogens with two attached hydrogens (primary N) is 1. The van der Waals surface area contributed by atoms with E-state index in [0.717, 1.165) is 11.3 Å². The highest BCUT2D eigenvalue weighted by molar-refractivity contribution is 5.57. The van der Waals surface area contributed by atoms with Gasteiger partial charge in [-0.1, -0.05) is 6.58 Å². The number of hydrogen-bond donors (Lipinski definition) is 1. The average molecular weight is 163 g/mol. The summed E-state index contributed by atoms with van der Waals surface area (Å²) in [4.78, 5) is 0. The van der Waals surface area contributed by atoms with Crippen LogP contribution in [0.5, 0.6) is 0 Å². The molecule has 0 aliphatic heterocycles. The van der Waals surface area contributed by atoms with Crippen LogP contribution in [0.4, 0.5) is 0 Å². The Morgan fingerprint density at radius 3 is 2.42 bits per heavy atom. The van der Waals surface area contributed by atoms with Gasteiger partial charge >= 0.3 is 0 Å². The van der Waals surface area contributed by atoms with E-state index in [1.165, 1.54) is 5.69 Å². The first-order valence-electron chi connectivity index (χ1n) is 3.95. The van der Waals surface area contributed by atoms with Crippen molar-refractivity contribution < 1.29 is 4.57 Å². The molecular weight excluding hydrogens is 148 g/mol. The molecule has 0 bridgehead atoms. The van der Waals surface area contributed by atoms with Crippen LogP contribution < -0.4 is 10.3 Å². The summed E-state index contributed by atoms with van der Waals surface area (Å²) in [5, 5.41) is 0. The predicted molar refractivity (Wildman–Crippen MR) is 50.3 cm³/mol. The van der Waals surface area contributed by atoms with Crippen molar-refractivity contribution >= 4 is 5.70 Å². The Morgan fingerprint density at radius 2 is 2.00 bits per heavy atom. The molecule has 0 atom stereocenters. The van der Waals surface area contributed by atoms with Crippen LogP contribution in [0, 0.1) is 13.8 Å². The van der Waals surface area contributed by atoms with E-state index in [4.69, 9.17) is 5.73 Å². The van der Waals surface area contributed by atoms with Crippen LogP contribution >= 0.6 is 0 Å². The van der Waals surface area contributed by atoms with Gasteiger partial charge in [-0.15, -0.1) is 0 Å². The molecule has 0 aliphatic rings. The van der Waals surface area contributed by atoms with E-state index in [9.17, 15) is 0 Å². The molecule has 0 fully saturated rings. The van der Waals surface area contributed by atoms with Gasteiger partial charge in [0.15, 0.2) is 5.69 Å². The van der Waals surface area contributed by atoms with Gasteiger partial charge in [-0.25, -0.2) is 0 Å². The first-order chi connectivity index (χ1) is 5.54. The quantitative estimate of drug-likeness (QED) is 0.616. The van der Waals surface area contributed by atoms with E-state index in [2.05, 4.69) is 23.3 Å². The molecule has 0 unspecified atom stereocenters. The maximum absolute atomic E-state index is 5.67. The minimum absolute atomic E-state index is 0.624. The van der Waals surface area contributed by atoms with Crippen LogP contribution in [0.15, 0.2) is 18.7 Å². The Balaban J connectivity index is 3.43. The van der Waals surface area contributed by atoms with E-state index >= 15 is 0 Å². The van der Waals surface area contributed by atoms with E-state index < -0.39 is 0 Å². The van der Waals surface area contributed by atoms with Crippen LogP contribution in [0.3, 0.4) is 0 Å². The molecule has 0 radical (unpaired) electrons. The molecule has 1 heterocycles. The maximum atomic E-state index is 5.67. The molecule has 0 saturated carbocycles. The van der Waals surface area contributed by atoms with Crippen molar-refractivity contribution in [2.24, 2.45) is 12.8 Å². The second-order valence-electron chi connectivity index (χ2n) is 3.09. The predicted octanol–water partition coefficient (Wildman–Crippen LogP) is 1.06. The Morgan fingerprint density at radius 1 is 1.42 bits per heavy atom. The Kier molecular flexibility index (Phi) is 2.18. The Hall–Kier alpha value is -1.31. The first kappa shape index (κ1) is 8.78. The number of aromatic nitrogens is 1. The van der Waals surface area contributed by atoms with Crippen LogP contribution in [0.2, 0.25) is 0 Å². The largest absolute Gasteiger partial charge is 0.394 e. The zero-order valence-corrected chi connectivity index (χ0v) is 7.89. The highest BCUT2D eigenvalue weighted by Gasteiger charge is 2.13. The van der Waals surface area contributed by atoms with Gasteiger partial charge in [-0.05, 0) is 13.0 Å². The summed E-state index contributed by atoms with van der Waals surface area (Å²) in [6, 6.07) is 4.13. The summed E-state index contributed by atoms with van der Waals surface area (Å²) in [5.41, 5.74) is 9.66. The average Bonchev–Trinajstić information content (AvgIpc) is 1.97. The van der Waals surface area contributed by atoms with Crippen molar-refractivity contribution in [1.29, 1.82) is 0 Å². The van der Waals surface area contributed by atoms with Crippen molar-refractivity contribution in [3.63, 3.8) is 0 Å². The van der Waals surface area contributed by atoms with Crippen molar-refractivity contribution in [3.8, 4) is 0 Å². The standard InChI is InChI=1S/C10H15N2/c1-7-5-6-8(2)12(4)10(7)9(3)11/h5-6H,3,11H2,1-2,4H3/q+1. The molecular formula is C10H15N2+. The van der Waals surface area contributed by atoms with Gasteiger partial charge in [-0.3, -0.25) is 0 Å². The molecule has 2 N–H and O–H groups in total. The number of hydrogen-bond acceptors (Lipinski definition) is 1. The van der Waals surface area contributed by atoms with Crippen molar-refractivity contribution in [2.45, 2.75) is 13.8 Å². The van der Waals surface area contributed by atoms with Crippen LogP contribution in [-0.2, 0) is 7.05 Å². The molecule has 2 nitrogen and oxygen atoms in total. The third kappa shape index (κ3) is 1.33. The Labute approximate surface area is 73.3 Å². The van der Waals surface area contributed by atoms with Gasteiger partial charge in [0, 0.05) is 18.6 Å². The molecule has 1 aromatic rings. The minimum Gasteiger partial charge on any atom is -0.394 e. The molecule has 64 valence electrons. The van der Waals surface area contributed by atoms with Crippen LogP contribution in [-0.4, -0.2) is 0 Å². The second kappa shape index (κ2) is 2.97. The molecule has 1 aromatic heterocycles. The van der Waals surface area contributed by atoms with Gasteiger partial charge < -0.3 is 5.73 Å². The van der Waals surface area contributed by atoms with Crippen molar-refractivity contribution in [3.05, 3.63) is 35.7 Å². The Bertz CT molecular complexity index is 327. The lowest BCUT2D eigenvalue weighted by Crippen LogP contribution is -2.38.